The molecule has 0 radical (unpaired) electrons. The van der Waals surface area contributed by atoms with Crippen LogP contribution in [0, 0.1) is 11.8 Å². The first kappa shape index (κ1) is 33.6. The SMILES string of the molecule is CCC(C)C(NC(=O)C(CC(C)C)NC(=O)C(CCC(=O)O)NC(=O)C(N)CCCN=C(N)N)C(=O)O. The van der Waals surface area contributed by atoms with E-state index in [4.69, 9.17) is 22.3 Å². The summed E-state index contributed by atoms with van der Waals surface area (Å²) in [6.07, 6.45) is 0.640. The summed E-state index contributed by atoms with van der Waals surface area (Å²) in [5.74, 6) is -5.01. The number of nitrogens with zero attached hydrogens (tertiary/aromatic N) is 1. The van der Waals surface area contributed by atoms with Crippen molar-refractivity contribution in [3.05, 3.63) is 0 Å². The molecule has 0 aliphatic carbocycles. The van der Waals surface area contributed by atoms with Crippen LogP contribution in [-0.4, -0.2) is 76.5 Å². The molecule has 0 aromatic carbocycles. The fourth-order valence-electron chi connectivity index (χ4n) is 3.38. The number of carboxylic acid groups (broad SMARTS) is 2. The van der Waals surface area contributed by atoms with Gasteiger partial charge in [0.15, 0.2) is 5.96 Å². The summed E-state index contributed by atoms with van der Waals surface area (Å²) < 4.78 is 0. The third-order valence-corrected chi connectivity index (χ3v) is 5.70. The fourth-order valence-corrected chi connectivity index (χ4v) is 3.38. The summed E-state index contributed by atoms with van der Waals surface area (Å²) in [7, 11) is 0. The summed E-state index contributed by atoms with van der Waals surface area (Å²) in [6.45, 7) is 7.38. The minimum Gasteiger partial charge on any atom is -0.481 e. The predicted molar refractivity (Wildman–Crippen MR) is 137 cm³/mol. The summed E-state index contributed by atoms with van der Waals surface area (Å²) in [5.41, 5.74) is 16.4. The monoisotopic (exact) mass is 529 g/mol. The lowest BCUT2D eigenvalue weighted by molar-refractivity contribution is -0.144. The molecule has 5 unspecified atom stereocenters. The van der Waals surface area contributed by atoms with Crippen LogP contribution in [0.15, 0.2) is 4.99 Å². The maximum atomic E-state index is 13.1. The number of aliphatic imine (C=N–C) groups is 1. The predicted octanol–water partition coefficient (Wildman–Crippen LogP) is -1.14. The van der Waals surface area contributed by atoms with E-state index in [0.29, 0.717) is 12.8 Å². The zero-order valence-electron chi connectivity index (χ0n) is 22.0. The number of aliphatic carboxylic acids is 2. The van der Waals surface area contributed by atoms with E-state index in [1.807, 2.05) is 13.8 Å². The Morgan fingerprint density at radius 2 is 1.43 bits per heavy atom. The molecule has 0 spiro atoms. The molecule has 0 heterocycles. The number of carbonyl (C=O) groups is 5. The lowest BCUT2D eigenvalue weighted by Gasteiger charge is -2.27. The van der Waals surface area contributed by atoms with Crippen molar-refractivity contribution in [1.29, 1.82) is 0 Å². The van der Waals surface area contributed by atoms with Gasteiger partial charge in [-0.25, -0.2) is 4.79 Å². The van der Waals surface area contributed by atoms with Gasteiger partial charge in [0, 0.05) is 13.0 Å². The molecule has 5 atom stereocenters. The number of hydrogen-bond acceptors (Lipinski definition) is 7. The summed E-state index contributed by atoms with van der Waals surface area (Å²) in [5, 5.41) is 26.0. The highest BCUT2D eigenvalue weighted by Gasteiger charge is 2.32. The Hall–Kier alpha value is -3.42. The number of nitrogens with two attached hydrogens (primary N) is 3. The van der Waals surface area contributed by atoms with Gasteiger partial charge in [0.25, 0.3) is 0 Å². The third-order valence-electron chi connectivity index (χ3n) is 5.70. The Morgan fingerprint density at radius 1 is 0.865 bits per heavy atom. The van der Waals surface area contributed by atoms with E-state index < -0.39 is 60.2 Å². The lowest BCUT2D eigenvalue weighted by atomic mass is 9.97. The number of carbonyl (C=O) groups excluding carboxylic acids is 3. The molecule has 37 heavy (non-hydrogen) atoms. The summed E-state index contributed by atoms with van der Waals surface area (Å²) in [6, 6.07) is -4.53. The number of guanidine groups is 1. The van der Waals surface area contributed by atoms with Gasteiger partial charge in [-0.3, -0.25) is 24.2 Å². The standard InChI is InChI=1S/C23H43N7O7/c1-5-13(4)18(22(36)37)30-21(35)16(11-12(2)3)29-20(34)15(8-9-17(31)32)28-19(33)14(24)7-6-10-27-23(25)26/h12-16,18H,5-11,24H2,1-4H3,(H,28,33)(H,29,34)(H,30,35)(H,31,32)(H,36,37)(H4,25,26,27). The fraction of sp³-hybridized carbons (Fsp3) is 0.739. The molecule has 0 aromatic heterocycles. The van der Waals surface area contributed by atoms with Gasteiger partial charge >= 0.3 is 11.9 Å². The Bertz CT molecular complexity index is 815. The van der Waals surface area contributed by atoms with Crippen LogP contribution in [0.1, 0.15) is 66.2 Å². The highest BCUT2D eigenvalue weighted by Crippen LogP contribution is 2.11. The Labute approximate surface area is 217 Å². The van der Waals surface area contributed by atoms with Gasteiger partial charge in [-0.05, 0) is 37.5 Å². The first-order valence-corrected chi connectivity index (χ1v) is 12.4. The van der Waals surface area contributed by atoms with Gasteiger partial charge in [0.1, 0.15) is 18.1 Å². The smallest absolute Gasteiger partial charge is 0.326 e. The number of rotatable bonds is 18. The van der Waals surface area contributed by atoms with Crippen LogP contribution in [0.25, 0.3) is 0 Å². The molecule has 0 aliphatic rings. The van der Waals surface area contributed by atoms with E-state index in [0.717, 1.165) is 0 Å². The lowest BCUT2D eigenvalue weighted by Crippen LogP contribution is -2.58. The highest BCUT2D eigenvalue weighted by atomic mass is 16.4. The second kappa shape index (κ2) is 17.1. The maximum absolute atomic E-state index is 13.1. The van der Waals surface area contributed by atoms with Gasteiger partial charge in [-0.1, -0.05) is 34.1 Å². The molecule has 14 nitrogen and oxygen atoms in total. The van der Waals surface area contributed by atoms with Crippen molar-refractivity contribution in [2.24, 2.45) is 34.0 Å². The quantitative estimate of drug-likeness (QED) is 0.0601. The van der Waals surface area contributed by atoms with Crippen molar-refractivity contribution in [2.75, 3.05) is 6.54 Å². The molecule has 0 fully saturated rings. The average molecular weight is 530 g/mol. The number of hydrogen-bond donors (Lipinski definition) is 8. The minimum absolute atomic E-state index is 0.0476. The molecule has 0 aromatic rings. The van der Waals surface area contributed by atoms with Crippen molar-refractivity contribution in [2.45, 2.75) is 90.4 Å². The van der Waals surface area contributed by atoms with E-state index in [1.165, 1.54) is 0 Å². The van der Waals surface area contributed by atoms with Crippen molar-refractivity contribution < 1.29 is 34.2 Å². The molecular weight excluding hydrogens is 486 g/mol. The van der Waals surface area contributed by atoms with Gasteiger partial charge in [0.2, 0.25) is 17.7 Å². The van der Waals surface area contributed by atoms with Crippen LogP contribution in [0.5, 0.6) is 0 Å². The Balaban J connectivity index is 5.53. The van der Waals surface area contributed by atoms with Crippen LogP contribution in [-0.2, 0) is 24.0 Å². The van der Waals surface area contributed by atoms with Crippen LogP contribution in [0.2, 0.25) is 0 Å². The minimum atomic E-state index is -1.28. The van der Waals surface area contributed by atoms with Crippen molar-refractivity contribution >= 4 is 35.6 Å². The van der Waals surface area contributed by atoms with Crippen LogP contribution >= 0.6 is 0 Å². The molecule has 0 saturated heterocycles. The van der Waals surface area contributed by atoms with Gasteiger partial charge in [-0.15, -0.1) is 0 Å². The zero-order chi connectivity index (χ0) is 28.7. The van der Waals surface area contributed by atoms with Gasteiger partial charge < -0.3 is 43.4 Å². The molecule has 0 aliphatic heterocycles. The molecule has 14 heteroatoms. The number of nitrogens with one attached hydrogen (secondary N) is 3. The second-order valence-electron chi connectivity index (χ2n) is 9.45. The van der Waals surface area contributed by atoms with Crippen molar-refractivity contribution in [3.63, 3.8) is 0 Å². The average Bonchev–Trinajstić information content (AvgIpc) is 2.80. The van der Waals surface area contributed by atoms with Gasteiger partial charge in [0.05, 0.1) is 6.04 Å². The zero-order valence-corrected chi connectivity index (χ0v) is 22.0. The molecule has 0 rings (SSSR count). The molecule has 0 bridgehead atoms. The second-order valence-corrected chi connectivity index (χ2v) is 9.45. The molecule has 0 saturated carbocycles. The van der Waals surface area contributed by atoms with Crippen LogP contribution in [0.4, 0.5) is 0 Å². The largest absolute Gasteiger partial charge is 0.481 e. The number of carboxylic acids is 2. The van der Waals surface area contributed by atoms with Crippen LogP contribution in [0.3, 0.4) is 0 Å². The Morgan fingerprint density at radius 3 is 1.92 bits per heavy atom. The molecule has 11 N–H and O–H groups in total. The first-order chi connectivity index (χ1) is 17.2. The van der Waals surface area contributed by atoms with E-state index in [-0.39, 0.29) is 43.6 Å². The van der Waals surface area contributed by atoms with E-state index in [1.54, 1.807) is 13.8 Å². The van der Waals surface area contributed by atoms with E-state index in [9.17, 15) is 29.1 Å². The topological polar surface area (TPSA) is 252 Å². The Kier molecular flexibility index (Phi) is 15.5. The number of amides is 3. The van der Waals surface area contributed by atoms with Crippen LogP contribution < -0.4 is 33.2 Å². The molecular formula is C23H43N7O7. The van der Waals surface area contributed by atoms with Gasteiger partial charge in [-0.2, -0.15) is 0 Å². The summed E-state index contributed by atoms with van der Waals surface area (Å²) >= 11 is 0. The highest BCUT2D eigenvalue weighted by molar-refractivity contribution is 5.94. The molecule has 3 amide bonds. The normalized spacial score (nSPS) is 15.0. The first-order valence-electron chi connectivity index (χ1n) is 12.4. The van der Waals surface area contributed by atoms with Crippen molar-refractivity contribution in [1.82, 2.24) is 16.0 Å². The van der Waals surface area contributed by atoms with Crippen molar-refractivity contribution in [3.8, 4) is 0 Å². The maximum Gasteiger partial charge on any atom is 0.326 e. The van der Waals surface area contributed by atoms with E-state index in [2.05, 4.69) is 20.9 Å². The third kappa shape index (κ3) is 14.0. The molecule has 212 valence electrons. The van der Waals surface area contributed by atoms with E-state index >= 15 is 0 Å². The summed E-state index contributed by atoms with van der Waals surface area (Å²) in [4.78, 5) is 65.1.